The Morgan fingerprint density at radius 3 is 2.85 bits per heavy atom. The van der Waals surface area contributed by atoms with Crippen molar-refractivity contribution in [3.63, 3.8) is 0 Å². The monoisotopic (exact) mass is 352 g/mol. The van der Waals surface area contributed by atoms with Crippen molar-refractivity contribution in [1.29, 1.82) is 0 Å². The summed E-state index contributed by atoms with van der Waals surface area (Å²) in [5.74, 6) is 1.68. The van der Waals surface area contributed by atoms with Gasteiger partial charge in [-0.1, -0.05) is 0 Å². The van der Waals surface area contributed by atoms with Gasteiger partial charge in [0.05, 0.1) is 24.1 Å². The van der Waals surface area contributed by atoms with Crippen molar-refractivity contribution in [1.82, 2.24) is 19.9 Å². The number of pyridine rings is 1. The smallest absolute Gasteiger partial charge is 0.254 e. The first-order valence-electron chi connectivity index (χ1n) is 9.28. The second kappa shape index (κ2) is 7.27. The third-order valence-electron chi connectivity index (χ3n) is 5.19. The van der Waals surface area contributed by atoms with E-state index in [1.165, 1.54) is 12.8 Å². The molecule has 7 nitrogen and oxygen atoms in total. The van der Waals surface area contributed by atoms with Crippen molar-refractivity contribution >= 4 is 17.5 Å². The van der Waals surface area contributed by atoms with Crippen LogP contribution in [0, 0.1) is 0 Å². The molecule has 1 N–H and O–H groups in total. The number of carbonyl (C=O) groups excluding carboxylic acids is 1. The fourth-order valence-corrected chi connectivity index (χ4v) is 3.82. The molecule has 0 spiro atoms. The van der Waals surface area contributed by atoms with Crippen molar-refractivity contribution in [2.45, 2.75) is 31.7 Å². The Morgan fingerprint density at radius 2 is 2.04 bits per heavy atom. The summed E-state index contributed by atoms with van der Waals surface area (Å²) >= 11 is 0. The van der Waals surface area contributed by atoms with Gasteiger partial charge in [0.2, 0.25) is 0 Å². The molecule has 0 aromatic carbocycles. The molecule has 0 radical (unpaired) electrons. The van der Waals surface area contributed by atoms with Crippen LogP contribution in [-0.4, -0.2) is 52.4 Å². The van der Waals surface area contributed by atoms with Crippen LogP contribution >= 0.6 is 0 Å². The Balaban J connectivity index is 1.57. The van der Waals surface area contributed by atoms with E-state index < -0.39 is 0 Å². The van der Waals surface area contributed by atoms with Crippen LogP contribution in [0.15, 0.2) is 30.7 Å². The summed E-state index contributed by atoms with van der Waals surface area (Å²) < 4.78 is 0. The highest BCUT2D eigenvalue weighted by atomic mass is 16.2. The number of hydrogen-bond acceptors (Lipinski definition) is 6. The minimum Gasteiger partial charge on any atom is -0.372 e. The summed E-state index contributed by atoms with van der Waals surface area (Å²) in [7, 11) is 1.82. The average molecular weight is 352 g/mol. The van der Waals surface area contributed by atoms with E-state index in [0.717, 1.165) is 49.8 Å². The molecule has 0 aliphatic carbocycles. The fraction of sp³-hybridized carbons (Fsp3) is 0.474. The Bertz CT molecular complexity index is 789. The molecule has 4 rings (SSSR count). The van der Waals surface area contributed by atoms with Crippen LogP contribution in [-0.2, 0) is 0 Å². The normalized spacial score (nSPS) is 19.8. The van der Waals surface area contributed by atoms with Gasteiger partial charge in [-0.25, -0.2) is 9.97 Å². The number of anilines is 2. The van der Waals surface area contributed by atoms with Gasteiger partial charge in [0.1, 0.15) is 11.6 Å². The number of nitrogens with zero attached hydrogens (tertiary/aromatic N) is 5. The summed E-state index contributed by atoms with van der Waals surface area (Å²) in [4.78, 5) is 30.6. The first kappa shape index (κ1) is 16.8. The van der Waals surface area contributed by atoms with Gasteiger partial charge < -0.3 is 15.1 Å². The van der Waals surface area contributed by atoms with Crippen molar-refractivity contribution in [3.05, 3.63) is 42.0 Å². The largest absolute Gasteiger partial charge is 0.372 e. The lowest BCUT2D eigenvalue weighted by molar-refractivity contribution is 0.0732. The highest BCUT2D eigenvalue weighted by Gasteiger charge is 2.32. The number of rotatable bonds is 4. The molecule has 1 unspecified atom stereocenters. The zero-order valence-electron chi connectivity index (χ0n) is 15.1. The van der Waals surface area contributed by atoms with Gasteiger partial charge >= 0.3 is 0 Å². The quantitative estimate of drug-likeness (QED) is 0.911. The Morgan fingerprint density at radius 1 is 1.19 bits per heavy atom. The van der Waals surface area contributed by atoms with Crippen LogP contribution in [0.25, 0.3) is 0 Å². The molecular weight excluding hydrogens is 328 g/mol. The number of amides is 1. The molecule has 0 bridgehead atoms. The topological polar surface area (TPSA) is 74.2 Å². The second-order valence-corrected chi connectivity index (χ2v) is 6.83. The molecule has 0 saturated carbocycles. The molecule has 2 aromatic heterocycles. The predicted molar refractivity (Wildman–Crippen MR) is 100 cm³/mol. The fourth-order valence-electron chi connectivity index (χ4n) is 3.82. The summed E-state index contributed by atoms with van der Waals surface area (Å²) in [5, 5.41) is 3.01. The summed E-state index contributed by atoms with van der Waals surface area (Å²) in [6.45, 7) is 2.78. The van der Waals surface area contributed by atoms with Gasteiger partial charge in [-0.15, -0.1) is 0 Å². The Hall–Kier alpha value is -2.70. The second-order valence-electron chi connectivity index (χ2n) is 6.83. The van der Waals surface area contributed by atoms with E-state index in [1.807, 2.05) is 24.1 Å². The number of likely N-dealkylation sites (tertiary alicyclic amines) is 1. The van der Waals surface area contributed by atoms with Gasteiger partial charge in [-0.3, -0.25) is 9.78 Å². The third kappa shape index (κ3) is 3.21. The maximum atomic E-state index is 13.2. The molecule has 2 aliphatic heterocycles. The Kier molecular flexibility index (Phi) is 4.69. The zero-order chi connectivity index (χ0) is 17.9. The molecular formula is C19H24N6O. The highest BCUT2D eigenvalue weighted by Crippen LogP contribution is 2.32. The maximum Gasteiger partial charge on any atom is 0.254 e. The minimum atomic E-state index is -0.0216. The molecule has 26 heavy (non-hydrogen) atoms. The number of carbonyl (C=O) groups is 1. The number of aromatic nitrogens is 3. The lowest BCUT2D eigenvalue weighted by atomic mass is 10.1. The van der Waals surface area contributed by atoms with Crippen LogP contribution in [0.5, 0.6) is 0 Å². The predicted octanol–water partition coefficient (Wildman–Crippen LogP) is 2.49. The van der Waals surface area contributed by atoms with Crippen LogP contribution in [0.2, 0.25) is 0 Å². The molecule has 1 atom stereocenters. The zero-order valence-corrected chi connectivity index (χ0v) is 15.1. The van der Waals surface area contributed by atoms with Gasteiger partial charge in [0.25, 0.3) is 5.91 Å². The van der Waals surface area contributed by atoms with Gasteiger partial charge in [-0.05, 0) is 37.8 Å². The van der Waals surface area contributed by atoms with Crippen molar-refractivity contribution in [3.8, 4) is 0 Å². The highest BCUT2D eigenvalue weighted by molar-refractivity contribution is 5.95. The molecule has 136 valence electrons. The van der Waals surface area contributed by atoms with E-state index in [-0.39, 0.29) is 11.9 Å². The van der Waals surface area contributed by atoms with Crippen molar-refractivity contribution in [2.75, 3.05) is 36.9 Å². The van der Waals surface area contributed by atoms with Gasteiger partial charge in [0, 0.05) is 38.4 Å². The van der Waals surface area contributed by atoms with Crippen LogP contribution in [0.1, 0.15) is 47.8 Å². The van der Waals surface area contributed by atoms with E-state index in [4.69, 9.17) is 0 Å². The van der Waals surface area contributed by atoms with Crippen LogP contribution in [0.3, 0.4) is 0 Å². The molecule has 4 heterocycles. The third-order valence-corrected chi connectivity index (χ3v) is 5.19. The van der Waals surface area contributed by atoms with E-state index in [9.17, 15) is 4.79 Å². The summed E-state index contributed by atoms with van der Waals surface area (Å²) in [6.07, 6.45) is 9.47. The van der Waals surface area contributed by atoms with E-state index in [2.05, 4.69) is 25.2 Å². The van der Waals surface area contributed by atoms with E-state index in [1.54, 1.807) is 18.6 Å². The molecule has 2 saturated heterocycles. The minimum absolute atomic E-state index is 0.0216. The summed E-state index contributed by atoms with van der Waals surface area (Å²) in [6, 6.07) is 3.72. The van der Waals surface area contributed by atoms with Crippen LogP contribution < -0.4 is 10.2 Å². The summed E-state index contributed by atoms with van der Waals surface area (Å²) in [5.41, 5.74) is 1.54. The van der Waals surface area contributed by atoms with Crippen molar-refractivity contribution < 1.29 is 4.79 Å². The lowest BCUT2D eigenvalue weighted by Crippen LogP contribution is -2.31. The molecule has 2 aliphatic rings. The van der Waals surface area contributed by atoms with E-state index in [0.29, 0.717) is 5.56 Å². The molecule has 1 amide bonds. The van der Waals surface area contributed by atoms with Crippen molar-refractivity contribution in [2.24, 2.45) is 0 Å². The molecule has 7 heteroatoms. The standard InChI is InChI=1S/C19H24N6O/c1-20-17-13-21-12-15(23-17)16-5-4-10-25(16)19(26)14-6-7-22-18(11-14)24-8-2-3-9-24/h6-7,11-13,16H,2-5,8-10H2,1H3,(H,20,23). The van der Waals surface area contributed by atoms with E-state index >= 15 is 0 Å². The first-order chi connectivity index (χ1) is 12.8. The van der Waals surface area contributed by atoms with Crippen LogP contribution in [0.4, 0.5) is 11.6 Å². The average Bonchev–Trinajstić information content (AvgIpc) is 3.39. The molecule has 2 aromatic rings. The maximum absolute atomic E-state index is 13.2. The van der Waals surface area contributed by atoms with Gasteiger partial charge in [-0.2, -0.15) is 0 Å². The first-order valence-corrected chi connectivity index (χ1v) is 9.28. The molecule has 2 fully saturated rings. The SMILES string of the molecule is CNc1cncc(C2CCCN2C(=O)c2ccnc(N3CCCC3)c2)n1. The lowest BCUT2D eigenvalue weighted by Gasteiger charge is -2.25. The Labute approximate surface area is 153 Å². The van der Waals surface area contributed by atoms with Gasteiger partial charge in [0.15, 0.2) is 0 Å². The number of hydrogen-bond donors (Lipinski definition) is 1. The number of nitrogens with one attached hydrogen (secondary N) is 1.